The Morgan fingerprint density at radius 1 is 1.12 bits per heavy atom. The normalized spacial score (nSPS) is 38.0. The van der Waals surface area contributed by atoms with Gasteiger partial charge in [-0.05, 0) is 74.7 Å². The average Bonchev–Trinajstić information content (AvgIpc) is 2.96. The predicted molar refractivity (Wildman–Crippen MR) is 101 cm³/mol. The van der Waals surface area contributed by atoms with Crippen LogP contribution >= 0.6 is 0 Å². The van der Waals surface area contributed by atoms with Crippen molar-refractivity contribution in [2.24, 2.45) is 22.5 Å². The fourth-order valence-electron chi connectivity index (χ4n) is 6.78. The number of aromatic nitrogens is 2. The highest BCUT2D eigenvalue weighted by atomic mass is 16.5. The van der Waals surface area contributed by atoms with Crippen molar-refractivity contribution in [2.75, 3.05) is 25.0 Å². The maximum atomic E-state index is 6.51. The van der Waals surface area contributed by atoms with Gasteiger partial charge in [0.25, 0.3) is 0 Å². The van der Waals surface area contributed by atoms with Crippen molar-refractivity contribution in [1.29, 1.82) is 0 Å². The second kappa shape index (κ2) is 6.79. The summed E-state index contributed by atoms with van der Waals surface area (Å²) in [5.74, 6) is 1.55. The lowest BCUT2D eigenvalue weighted by molar-refractivity contribution is -0.212. The largest absolute Gasteiger partial charge is 0.408 e. The highest BCUT2D eigenvalue weighted by Crippen LogP contribution is 2.67. The first-order valence-corrected chi connectivity index (χ1v) is 10.3. The molecule has 0 radical (unpaired) electrons. The van der Waals surface area contributed by atoms with Crippen LogP contribution < -0.4 is 11.1 Å². The van der Waals surface area contributed by atoms with Crippen LogP contribution in [0.3, 0.4) is 0 Å². The molecule has 1 aromatic heterocycles. The van der Waals surface area contributed by atoms with Crippen LogP contribution in [0, 0.1) is 16.7 Å². The van der Waals surface area contributed by atoms with Gasteiger partial charge in [-0.1, -0.05) is 18.9 Å². The molecule has 3 N–H and O–H groups in total. The summed E-state index contributed by atoms with van der Waals surface area (Å²) in [6.07, 6.45) is 10.7. The number of nitrogens with one attached hydrogen (secondary N) is 1. The summed E-state index contributed by atoms with van der Waals surface area (Å²) in [6.45, 7) is 7.08. The van der Waals surface area contributed by atoms with E-state index in [4.69, 9.17) is 14.9 Å². The van der Waals surface area contributed by atoms with E-state index in [1.807, 2.05) is 0 Å². The van der Waals surface area contributed by atoms with Crippen molar-refractivity contribution in [3.63, 3.8) is 0 Å². The van der Waals surface area contributed by atoms with E-state index in [0.717, 1.165) is 25.2 Å². The molecule has 5 rings (SSSR count). The Hall–Kier alpha value is -1.14. The SMILES string of the molecule is CC12CC3CC(C)(C1)CC(OCCNc1nnc(CCCCN)o1)(C3)C2. The second-order valence-corrected chi connectivity index (χ2v) is 9.84. The van der Waals surface area contributed by atoms with E-state index in [1.54, 1.807) is 0 Å². The topological polar surface area (TPSA) is 86.2 Å². The van der Waals surface area contributed by atoms with Gasteiger partial charge in [0.1, 0.15) is 0 Å². The van der Waals surface area contributed by atoms with E-state index in [-0.39, 0.29) is 5.60 Å². The molecule has 4 bridgehead atoms. The minimum atomic E-state index is 0.104. The molecular weight excluding hydrogens is 328 g/mol. The molecule has 0 spiro atoms. The quantitative estimate of drug-likeness (QED) is 0.654. The van der Waals surface area contributed by atoms with E-state index in [0.29, 0.717) is 42.4 Å². The summed E-state index contributed by atoms with van der Waals surface area (Å²) in [4.78, 5) is 0. The van der Waals surface area contributed by atoms with Crippen LogP contribution in [0.25, 0.3) is 0 Å². The van der Waals surface area contributed by atoms with E-state index < -0.39 is 0 Å². The second-order valence-electron chi connectivity index (χ2n) is 9.84. The molecule has 6 nitrogen and oxygen atoms in total. The van der Waals surface area contributed by atoms with Crippen LogP contribution in [0.1, 0.15) is 71.1 Å². The van der Waals surface area contributed by atoms with Crippen LogP contribution in [0.15, 0.2) is 4.42 Å². The minimum absolute atomic E-state index is 0.104. The Kier molecular flexibility index (Phi) is 4.76. The zero-order valence-electron chi connectivity index (χ0n) is 16.4. The summed E-state index contributed by atoms with van der Waals surface area (Å²) < 4.78 is 12.1. The third-order valence-corrected chi connectivity index (χ3v) is 6.67. The number of ether oxygens (including phenoxy) is 1. The number of anilines is 1. The summed E-state index contributed by atoms with van der Waals surface area (Å²) in [6, 6.07) is 0.501. The first-order valence-electron chi connectivity index (χ1n) is 10.3. The number of hydrogen-bond acceptors (Lipinski definition) is 6. The third-order valence-electron chi connectivity index (χ3n) is 6.67. The summed E-state index contributed by atoms with van der Waals surface area (Å²) in [7, 11) is 0. The summed E-state index contributed by atoms with van der Waals surface area (Å²) >= 11 is 0. The Labute approximate surface area is 156 Å². The molecular formula is C20H34N4O2. The maximum Gasteiger partial charge on any atom is 0.315 e. The Morgan fingerprint density at radius 2 is 1.88 bits per heavy atom. The molecule has 0 saturated heterocycles. The van der Waals surface area contributed by atoms with E-state index >= 15 is 0 Å². The minimum Gasteiger partial charge on any atom is -0.408 e. The number of aryl methyl sites for hydroxylation is 1. The van der Waals surface area contributed by atoms with Crippen LogP contribution in [0.5, 0.6) is 0 Å². The Balaban J connectivity index is 1.25. The lowest BCUT2D eigenvalue weighted by Gasteiger charge is -2.65. The Bertz CT molecular complexity index is 613. The van der Waals surface area contributed by atoms with Crippen LogP contribution in [-0.4, -0.2) is 35.5 Å². The van der Waals surface area contributed by atoms with Crippen molar-refractivity contribution in [1.82, 2.24) is 10.2 Å². The van der Waals surface area contributed by atoms with Crippen molar-refractivity contribution in [3.8, 4) is 0 Å². The Morgan fingerprint density at radius 3 is 2.58 bits per heavy atom. The molecule has 4 aliphatic rings. The molecule has 6 heteroatoms. The molecule has 0 aliphatic heterocycles. The van der Waals surface area contributed by atoms with Gasteiger partial charge in [-0.25, -0.2) is 0 Å². The first kappa shape index (κ1) is 18.2. The molecule has 146 valence electrons. The fraction of sp³-hybridized carbons (Fsp3) is 0.900. The number of rotatable bonds is 9. The van der Waals surface area contributed by atoms with Crippen molar-refractivity contribution >= 4 is 6.01 Å². The molecule has 0 aromatic carbocycles. The van der Waals surface area contributed by atoms with Crippen LogP contribution in [0.4, 0.5) is 6.01 Å². The van der Waals surface area contributed by atoms with Gasteiger partial charge in [0.15, 0.2) is 0 Å². The van der Waals surface area contributed by atoms with Gasteiger partial charge >= 0.3 is 6.01 Å². The zero-order valence-corrected chi connectivity index (χ0v) is 16.4. The summed E-state index contributed by atoms with van der Waals surface area (Å²) in [5, 5.41) is 11.4. The van der Waals surface area contributed by atoms with E-state index in [2.05, 4.69) is 29.4 Å². The third kappa shape index (κ3) is 3.77. The fourth-order valence-corrected chi connectivity index (χ4v) is 6.78. The standard InChI is InChI=1S/C20H34N4O2/c1-18-9-15-10-19(2,12-18)14-20(11-15,13-18)25-8-7-22-17-24-23-16(26-17)5-3-4-6-21/h15H,3-14,21H2,1-2H3,(H,22,24). The molecule has 2 atom stereocenters. The molecule has 2 unspecified atom stereocenters. The lowest BCUT2D eigenvalue weighted by Crippen LogP contribution is -2.59. The van der Waals surface area contributed by atoms with E-state index in [1.165, 1.54) is 38.5 Å². The van der Waals surface area contributed by atoms with Crippen LogP contribution in [-0.2, 0) is 11.2 Å². The predicted octanol–water partition coefficient (Wildman–Crippen LogP) is 3.53. The number of hydrogen-bond donors (Lipinski definition) is 2. The molecule has 1 aromatic rings. The first-order chi connectivity index (χ1) is 12.4. The van der Waals surface area contributed by atoms with Gasteiger partial charge in [-0.3, -0.25) is 0 Å². The number of unbranched alkanes of at least 4 members (excludes halogenated alkanes) is 1. The molecule has 0 amide bonds. The highest BCUT2D eigenvalue weighted by molar-refractivity contribution is 5.17. The molecule has 4 aliphatic carbocycles. The van der Waals surface area contributed by atoms with Gasteiger partial charge < -0.3 is 20.2 Å². The molecule has 4 fully saturated rings. The zero-order chi connectivity index (χ0) is 18.3. The lowest BCUT2D eigenvalue weighted by atomic mass is 9.43. The van der Waals surface area contributed by atoms with Gasteiger partial charge in [-0.15, -0.1) is 5.10 Å². The van der Waals surface area contributed by atoms with Gasteiger partial charge in [0.2, 0.25) is 5.89 Å². The van der Waals surface area contributed by atoms with Gasteiger partial charge in [0.05, 0.1) is 12.2 Å². The number of nitrogens with zero attached hydrogens (tertiary/aromatic N) is 2. The molecule has 1 heterocycles. The monoisotopic (exact) mass is 362 g/mol. The number of nitrogens with two attached hydrogens (primary N) is 1. The molecule has 26 heavy (non-hydrogen) atoms. The smallest absolute Gasteiger partial charge is 0.315 e. The van der Waals surface area contributed by atoms with Crippen molar-refractivity contribution in [3.05, 3.63) is 5.89 Å². The highest BCUT2D eigenvalue weighted by Gasteiger charge is 2.60. The summed E-state index contributed by atoms with van der Waals surface area (Å²) in [5.41, 5.74) is 6.60. The van der Waals surface area contributed by atoms with Crippen molar-refractivity contribution < 1.29 is 9.15 Å². The van der Waals surface area contributed by atoms with Crippen LogP contribution in [0.2, 0.25) is 0 Å². The van der Waals surface area contributed by atoms with E-state index in [9.17, 15) is 0 Å². The maximum absolute atomic E-state index is 6.51. The van der Waals surface area contributed by atoms with Gasteiger partial charge in [0, 0.05) is 13.0 Å². The van der Waals surface area contributed by atoms with Crippen molar-refractivity contribution in [2.45, 2.75) is 77.2 Å². The van der Waals surface area contributed by atoms with Gasteiger partial charge in [-0.2, -0.15) is 0 Å². The average molecular weight is 363 g/mol. The molecule has 4 saturated carbocycles.